The second-order valence-electron chi connectivity index (χ2n) is 10.5. The molecule has 37 heavy (non-hydrogen) atoms. The van der Waals surface area contributed by atoms with E-state index in [0.717, 1.165) is 36.5 Å². The van der Waals surface area contributed by atoms with Gasteiger partial charge in [-0.15, -0.1) is 0 Å². The van der Waals surface area contributed by atoms with Crippen LogP contribution in [0.25, 0.3) is 22.0 Å². The Labute approximate surface area is 209 Å². The number of hydrogen-bond acceptors (Lipinski definition) is 2. The van der Waals surface area contributed by atoms with Gasteiger partial charge in [-0.05, 0) is 42.0 Å². The molecular weight excluding hydrogens is 525 g/mol. The molecule has 1 fully saturated rings. The van der Waals surface area contributed by atoms with Crippen LogP contribution in [0, 0.1) is 11.2 Å². The van der Waals surface area contributed by atoms with Gasteiger partial charge in [0.1, 0.15) is 11.9 Å². The first kappa shape index (κ1) is 27.4. The van der Waals surface area contributed by atoms with Gasteiger partial charge in [-0.25, -0.2) is 12.8 Å². The Morgan fingerprint density at radius 2 is 1.62 bits per heavy atom. The van der Waals surface area contributed by atoms with Crippen molar-refractivity contribution in [3.63, 3.8) is 0 Å². The molecule has 0 saturated heterocycles. The molecule has 0 amide bonds. The quantitative estimate of drug-likeness (QED) is 0.330. The molecule has 4 rings (SSSR count). The van der Waals surface area contributed by atoms with E-state index in [4.69, 9.17) is 0 Å². The highest BCUT2D eigenvalue weighted by atomic mass is 32.2. The van der Waals surface area contributed by atoms with Gasteiger partial charge in [0.05, 0.1) is 10.8 Å². The molecule has 1 aliphatic rings. The third-order valence-corrected chi connectivity index (χ3v) is 7.97. The highest BCUT2D eigenvalue weighted by Gasteiger charge is 2.48. The third-order valence-electron chi connectivity index (χ3n) is 6.05. The SMILES string of the molecule is CC(C)(C)Cn1cc(C(NS(=O)(=O)C2CC2)C(F)(F)F)c2cc(F)c(-c3ccccc3C(F)(F)F)cc21. The number of hydrogen-bond donors (Lipinski definition) is 1. The largest absolute Gasteiger partial charge is 0.417 e. The van der Waals surface area contributed by atoms with E-state index in [1.165, 1.54) is 10.6 Å². The van der Waals surface area contributed by atoms with E-state index < -0.39 is 67.2 Å². The summed E-state index contributed by atoms with van der Waals surface area (Å²) >= 11 is 0. The topological polar surface area (TPSA) is 51.1 Å². The Bertz CT molecular complexity index is 1430. The van der Waals surface area contributed by atoms with Crippen LogP contribution in [0.4, 0.5) is 30.7 Å². The first-order valence-electron chi connectivity index (χ1n) is 11.5. The lowest BCUT2D eigenvalue weighted by molar-refractivity contribution is -0.152. The molecule has 3 aromatic rings. The Morgan fingerprint density at radius 1 is 1.00 bits per heavy atom. The normalized spacial score (nSPS) is 16.4. The van der Waals surface area contributed by atoms with Gasteiger partial charge < -0.3 is 4.57 Å². The van der Waals surface area contributed by atoms with E-state index >= 15 is 4.39 Å². The van der Waals surface area contributed by atoms with E-state index in [2.05, 4.69) is 0 Å². The number of aromatic nitrogens is 1. The van der Waals surface area contributed by atoms with Gasteiger partial charge in [0.15, 0.2) is 0 Å². The Morgan fingerprint density at radius 3 is 2.16 bits per heavy atom. The van der Waals surface area contributed by atoms with Crippen molar-refractivity contribution >= 4 is 20.9 Å². The summed E-state index contributed by atoms with van der Waals surface area (Å²) in [5.41, 5.74) is -2.93. The van der Waals surface area contributed by atoms with Crippen LogP contribution in [-0.4, -0.2) is 24.4 Å². The number of halogens is 7. The minimum absolute atomic E-state index is 0.0539. The zero-order valence-electron chi connectivity index (χ0n) is 20.1. The number of nitrogens with one attached hydrogen (secondary N) is 1. The monoisotopic (exact) mass is 550 g/mol. The standard InChI is InChI=1S/C25H25F7N2O2S/c1-23(2,3)13-34-12-18(22(25(30,31)32)33-37(35,36)14-8-9-14)17-10-20(26)16(11-21(17)34)15-6-4-5-7-19(15)24(27,28)29/h4-7,10-12,14,22,33H,8-9,13H2,1-3H3. The van der Waals surface area contributed by atoms with E-state index in [0.29, 0.717) is 0 Å². The minimum Gasteiger partial charge on any atom is -0.347 e. The van der Waals surface area contributed by atoms with Crippen molar-refractivity contribution in [3.05, 3.63) is 59.5 Å². The summed E-state index contributed by atoms with van der Waals surface area (Å²) < 4.78 is 127. The summed E-state index contributed by atoms with van der Waals surface area (Å²) in [7, 11) is -4.29. The van der Waals surface area contributed by atoms with E-state index in [1.807, 2.05) is 0 Å². The fraction of sp³-hybridized carbons (Fsp3) is 0.440. The van der Waals surface area contributed by atoms with Crippen molar-refractivity contribution in [3.8, 4) is 11.1 Å². The number of benzene rings is 2. The third kappa shape index (κ3) is 5.79. The van der Waals surface area contributed by atoms with Crippen LogP contribution in [0.3, 0.4) is 0 Å². The fourth-order valence-electron chi connectivity index (χ4n) is 4.33. The molecule has 202 valence electrons. The Balaban J connectivity index is 1.97. The van der Waals surface area contributed by atoms with Crippen molar-refractivity contribution in [1.29, 1.82) is 0 Å². The molecule has 0 bridgehead atoms. The van der Waals surface area contributed by atoms with Gasteiger partial charge in [-0.2, -0.15) is 31.1 Å². The minimum atomic E-state index is -5.05. The zero-order valence-corrected chi connectivity index (χ0v) is 21.0. The number of fused-ring (bicyclic) bond motifs is 1. The van der Waals surface area contributed by atoms with Crippen LogP contribution in [0.1, 0.15) is 50.8 Å². The first-order valence-corrected chi connectivity index (χ1v) is 13.0. The average molecular weight is 551 g/mol. The number of nitrogens with zero attached hydrogens (tertiary/aromatic N) is 1. The van der Waals surface area contributed by atoms with Gasteiger partial charge in [-0.1, -0.05) is 39.0 Å². The molecule has 0 spiro atoms. The molecule has 1 atom stereocenters. The molecule has 4 nitrogen and oxygen atoms in total. The second kappa shape index (κ2) is 9.00. The summed E-state index contributed by atoms with van der Waals surface area (Å²) in [6, 6.07) is 3.53. The van der Waals surface area contributed by atoms with Crippen LogP contribution in [0.2, 0.25) is 0 Å². The number of sulfonamides is 1. The van der Waals surface area contributed by atoms with Gasteiger partial charge in [0, 0.05) is 34.8 Å². The summed E-state index contributed by atoms with van der Waals surface area (Å²) in [5.74, 6) is -1.16. The number of alkyl halides is 6. The molecule has 1 unspecified atom stereocenters. The maximum atomic E-state index is 15.3. The van der Waals surface area contributed by atoms with Crippen LogP contribution >= 0.6 is 0 Å². The van der Waals surface area contributed by atoms with Crippen LogP contribution in [0.15, 0.2) is 42.6 Å². The van der Waals surface area contributed by atoms with E-state index in [-0.39, 0.29) is 30.3 Å². The lowest BCUT2D eigenvalue weighted by Gasteiger charge is -2.22. The van der Waals surface area contributed by atoms with Crippen molar-refractivity contribution in [1.82, 2.24) is 9.29 Å². The van der Waals surface area contributed by atoms with Crippen molar-refractivity contribution in [2.24, 2.45) is 5.41 Å². The molecule has 0 radical (unpaired) electrons. The highest BCUT2D eigenvalue weighted by Crippen LogP contribution is 2.43. The zero-order chi connectivity index (χ0) is 27.6. The highest BCUT2D eigenvalue weighted by molar-refractivity contribution is 7.90. The molecule has 1 N–H and O–H groups in total. The molecule has 12 heteroatoms. The molecule has 0 aliphatic heterocycles. The molecule has 1 heterocycles. The van der Waals surface area contributed by atoms with Gasteiger partial charge >= 0.3 is 12.4 Å². The lowest BCUT2D eigenvalue weighted by atomic mass is 9.95. The van der Waals surface area contributed by atoms with Gasteiger partial charge in [-0.3, -0.25) is 0 Å². The lowest BCUT2D eigenvalue weighted by Crippen LogP contribution is -2.39. The first-order chi connectivity index (χ1) is 16.9. The van der Waals surface area contributed by atoms with Gasteiger partial charge in [0.25, 0.3) is 0 Å². The molecular formula is C25H25F7N2O2S. The maximum absolute atomic E-state index is 15.3. The molecule has 1 saturated carbocycles. The van der Waals surface area contributed by atoms with E-state index in [9.17, 15) is 34.8 Å². The molecule has 1 aromatic heterocycles. The number of rotatable bonds is 6. The summed E-state index contributed by atoms with van der Waals surface area (Å²) in [5, 5.41) is -1.17. The van der Waals surface area contributed by atoms with Crippen LogP contribution in [-0.2, 0) is 22.7 Å². The van der Waals surface area contributed by atoms with Crippen molar-refractivity contribution < 1.29 is 39.2 Å². The predicted octanol–water partition coefficient (Wildman–Crippen LogP) is 7.20. The fourth-order valence-corrected chi connectivity index (χ4v) is 5.86. The maximum Gasteiger partial charge on any atom is 0.417 e. The van der Waals surface area contributed by atoms with Crippen LogP contribution < -0.4 is 4.72 Å². The Kier molecular flexibility index (Phi) is 6.68. The summed E-state index contributed by atoms with van der Waals surface area (Å²) in [6.45, 7) is 5.55. The van der Waals surface area contributed by atoms with Crippen molar-refractivity contribution in [2.45, 2.75) is 63.8 Å². The van der Waals surface area contributed by atoms with Crippen LogP contribution in [0.5, 0.6) is 0 Å². The van der Waals surface area contributed by atoms with Crippen molar-refractivity contribution in [2.75, 3.05) is 0 Å². The smallest absolute Gasteiger partial charge is 0.347 e. The van der Waals surface area contributed by atoms with Gasteiger partial charge in [0.2, 0.25) is 10.0 Å². The molecule has 2 aromatic carbocycles. The molecule has 1 aliphatic carbocycles. The average Bonchev–Trinajstić information content (AvgIpc) is 3.55. The Hall–Kier alpha value is -2.60. The second-order valence-corrected chi connectivity index (χ2v) is 12.5. The summed E-state index contributed by atoms with van der Waals surface area (Å²) in [4.78, 5) is 0. The predicted molar refractivity (Wildman–Crippen MR) is 126 cm³/mol. The van der Waals surface area contributed by atoms with E-state index in [1.54, 1.807) is 25.5 Å². The summed E-state index contributed by atoms with van der Waals surface area (Å²) in [6.07, 6.45) is -8.27.